The molecule has 7 nitrogen and oxygen atoms in total. The van der Waals surface area contributed by atoms with E-state index in [0.29, 0.717) is 24.5 Å². The fourth-order valence-electron chi connectivity index (χ4n) is 4.48. The van der Waals surface area contributed by atoms with Crippen LogP contribution in [0.1, 0.15) is 42.3 Å². The van der Waals surface area contributed by atoms with Gasteiger partial charge >= 0.3 is 0 Å². The van der Waals surface area contributed by atoms with Gasteiger partial charge in [0.05, 0.1) is 20.6 Å². The number of carbonyl (C=O) groups excluding carboxylic acids is 1. The molecule has 4 rings (SSSR count). The molecule has 29 heavy (non-hydrogen) atoms. The average Bonchev–Trinajstić information content (AvgIpc) is 3.21. The molecule has 1 aromatic heterocycles. The van der Waals surface area contributed by atoms with Crippen LogP contribution in [0.3, 0.4) is 0 Å². The van der Waals surface area contributed by atoms with E-state index in [9.17, 15) is 9.59 Å². The highest BCUT2D eigenvalue weighted by Gasteiger charge is 2.28. The first kappa shape index (κ1) is 19.5. The van der Waals surface area contributed by atoms with E-state index in [1.165, 1.54) is 0 Å². The van der Waals surface area contributed by atoms with Gasteiger partial charge in [0.2, 0.25) is 5.91 Å². The minimum atomic E-state index is -0.165. The number of hydrogen-bond acceptors (Lipinski definition) is 5. The van der Waals surface area contributed by atoms with Crippen LogP contribution < -0.4 is 15.0 Å². The number of aromatic nitrogens is 2. The van der Waals surface area contributed by atoms with E-state index in [-0.39, 0.29) is 17.4 Å². The van der Waals surface area contributed by atoms with Crippen molar-refractivity contribution in [2.75, 3.05) is 27.3 Å². The molecule has 1 atom stereocenters. The average molecular weight is 397 g/mol. The number of rotatable bonds is 5. The summed E-state index contributed by atoms with van der Waals surface area (Å²) in [6.07, 6.45) is 4.13. The minimum absolute atomic E-state index is 0.0972. The topological polar surface area (TPSA) is 73.7 Å². The summed E-state index contributed by atoms with van der Waals surface area (Å²) in [7, 11) is 3.19. The summed E-state index contributed by atoms with van der Waals surface area (Å²) in [6.45, 7) is 2.31. The van der Waals surface area contributed by atoms with E-state index in [1.807, 2.05) is 23.1 Å². The summed E-state index contributed by atoms with van der Waals surface area (Å²) in [5, 5.41) is 0. The van der Waals surface area contributed by atoms with Crippen molar-refractivity contribution in [1.82, 2.24) is 14.5 Å². The van der Waals surface area contributed by atoms with Gasteiger partial charge in [-0.05, 0) is 37.0 Å². The van der Waals surface area contributed by atoms with Gasteiger partial charge < -0.3 is 18.9 Å². The maximum Gasteiger partial charge on any atom is 0.273 e. The monoisotopic (exact) mass is 397 g/mol. The third kappa shape index (κ3) is 3.99. The third-order valence-corrected chi connectivity index (χ3v) is 5.91. The maximum atomic E-state index is 13.0. The van der Waals surface area contributed by atoms with Crippen LogP contribution in [0, 0.1) is 0 Å². The zero-order valence-electron chi connectivity index (χ0n) is 17.0. The minimum Gasteiger partial charge on any atom is -0.493 e. The number of aryl methyl sites for hydroxylation is 1. The van der Waals surface area contributed by atoms with E-state index < -0.39 is 0 Å². The summed E-state index contributed by atoms with van der Waals surface area (Å²) >= 11 is 0. The Kier molecular flexibility index (Phi) is 5.56. The molecule has 2 aliphatic rings. The Morgan fingerprint density at radius 3 is 2.76 bits per heavy atom. The predicted molar refractivity (Wildman–Crippen MR) is 109 cm³/mol. The molecule has 1 unspecified atom stereocenters. The summed E-state index contributed by atoms with van der Waals surface area (Å²) < 4.78 is 12.8. The van der Waals surface area contributed by atoms with E-state index in [0.717, 1.165) is 55.9 Å². The molecule has 1 saturated heterocycles. The number of carbonyl (C=O) groups is 1. The quantitative estimate of drug-likeness (QED) is 0.773. The zero-order chi connectivity index (χ0) is 20.4. The molecule has 2 aliphatic heterocycles. The number of piperidine rings is 1. The summed E-state index contributed by atoms with van der Waals surface area (Å²) in [6, 6.07) is 7.25. The Labute approximate surface area is 170 Å². The van der Waals surface area contributed by atoms with Crippen molar-refractivity contribution in [1.29, 1.82) is 0 Å². The van der Waals surface area contributed by atoms with Gasteiger partial charge in [-0.1, -0.05) is 6.07 Å². The summed E-state index contributed by atoms with van der Waals surface area (Å²) in [5.41, 5.74) is 1.78. The largest absolute Gasteiger partial charge is 0.493 e. The van der Waals surface area contributed by atoms with Gasteiger partial charge in [-0.25, -0.2) is 0 Å². The summed E-state index contributed by atoms with van der Waals surface area (Å²) in [5.74, 6) is 2.45. The van der Waals surface area contributed by atoms with Gasteiger partial charge in [-0.15, -0.1) is 0 Å². The number of ether oxygens (including phenoxy) is 2. The highest BCUT2D eigenvalue weighted by molar-refractivity contribution is 5.79. The Hall–Kier alpha value is -2.83. The van der Waals surface area contributed by atoms with Crippen molar-refractivity contribution < 1.29 is 14.3 Å². The van der Waals surface area contributed by atoms with Crippen molar-refractivity contribution in [3.05, 3.63) is 51.7 Å². The SMILES string of the molecule is COc1ccc(CC(=O)N2CCCC(c3cc(=O)nc4n3CCC4)C2)cc1OC. The second-order valence-corrected chi connectivity index (χ2v) is 7.74. The molecule has 7 heteroatoms. The Bertz CT molecular complexity index is 969. The highest BCUT2D eigenvalue weighted by atomic mass is 16.5. The van der Waals surface area contributed by atoms with Crippen LogP contribution in [0.2, 0.25) is 0 Å². The van der Waals surface area contributed by atoms with Crippen LogP contribution in [0.5, 0.6) is 11.5 Å². The molecule has 0 radical (unpaired) electrons. The van der Waals surface area contributed by atoms with E-state index in [4.69, 9.17) is 9.47 Å². The van der Waals surface area contributed by atoms with Gasteiger partial charge in [0, 0.05) is 43.7 Å². The highest BCUT2D eigenvalue weighted by Crippen LogP contribution is 2.30. The van der Waals surface area contributed by atoms with Crippen LogP contribution in [0.4, 0.5) is 0 Å². The standard InChI is InChI=1S/C22H27N3O4/c1-28-18-8-7-15(11-19(18)29-2)12-22(27)24-9-3-5-16(14-24)17-13-21(26)23-20-6-4-10-25(17)20/h7-8,11,13,16H,3-6,9-10,12,14H2,1-2H3. The van der Waals surface area contributed by atoms with Crippen LogP contribution in [-0.4, -0.2) is 47.7 Å². The molecule has 0 spiro atoms. The van der Waals surface area contributed by atoms with E-state index >= 15 is 0 Å². The number of nitrogens with zero attached hydrogens (tertiary/aromatic N) is 3. The Morgan fingerprint density at radius 1 is 1.14 bits per heavy atom. The first-order chi connectivity index (χ1) is 14.1. The van der Waals surface area contributed by atoms with Gasteiger partial charge in [0.25, 0.3) is 5.56 Å². The molecule has 0 N–H and O–H groups in total. The third-order valence-electron chi connectivity index (χ3n) is 5.91. The number of fused-ring (bicyclic) bond motifs is 1. The normalized spacial score (nSPS) is 18.4. The second-order valence-electron chi connectivity index (χ2n) is 7.74. The number of amides is 1. The number of benzene rings is 1. The van der Waals surface area contributed by atoms with Crippen molar-refractivity contribution in [2.45, 2.75) is 44.6 Å². The first-order valence-electron chi connectivity index (χ1n) is 10.2. The number of hydrogen-bond donors (Lipinski definition) is 0. The van der Waals surface area contributed by atoms with Gasteiger partial charge in [0.15, 0.2) is 11.5 Å². The molecule has 1 amide bonds. The van der Waals surface area contributed by atoms with Crippen molar-refractivity contribution >= 4 is 5.91 Å². The maximum absolute atomic E-state index is 13.0. The van der Waals surface area contributed by atoms with Crippen molar-refractivity contribution in [3.8, 4) is 11.5 Å². The number of likely N-dealkylation sites (tertiary alicyclic amines) is 1. The molecular formula is C22H27N3O4. The fraction of sp³-hybridized carbons (Fsp3) is 0.500. The molecule has 0 aliphatic carbocycles. The van der Waals surface area contributed by atoms with E-state index in [1.54, 1.807) is 20.3 Å². The van der Waals surface area contributed by atoms with Crippen molar-refractivity contribution in [2.24, 2.45) is 0 Å². The Balaban J connectivity index is 1.49. The molecule has 0 saturated carbocycles. The lowest BCUT2D eigenvalue weighted by Gasteiger charge is -2.34. The molecule has 2 aromatic rings. The van der Waals surface area contributed by atoms with Crippen LogP contribution in [0.25, 0.3) is 0 Å². The summed E-state index contributed by atoms with van der Waals surface area (Å²) in [4.78, 5) is 31.1. The second kappa shape index (κ2) is 8.27. The van der Waals surface area contributed by atoms with Gasteiger partial charge in [-0.3, -0.25) is 9.59 Å². The molecule has 1 aromatic carbocycles. The molecule has 3 heterocycles. The smallest absolute Gasteiger partial charge is 0.273 e. The van der Waals surface area contributed by atoms with Crippen molar-refractivity contribution in [3.63, 3.8) is 0 Å². The Morgan fingerprint density at radius 2 is 1.97 bits per heavy atom. The van der Waals surface area contributed by atoms with Gasteiger partial charge in [0.1, 0.15) is 5.82 Å². The zero-order valence-corrected chi connectivity index (χ0v) is 17.0. The lowest BCUT2D eigenvalue weighted by atomic mass is 9.93. The molecular weight excluding hydrogens is 370 g/mol. The molecule has 1 fully saturated rings. The van der Waals surface area contributed by atoms with Crippen LogP contribution in [0.15, 0.2) is 29.1 Å². The van der Waals surface area contributed by atoms with Crippen LogP contribution in [-0.2, 0) is 24.2 Å². The fourth-order valence-corrected chi connectivity index (χ4v) is 4.48. The van der Waals surface area contributed by atoms with E-state index in [2.05, 4.69) is 9.55 Å². The number of methoxy groups -OCH3 is 2. The van der Waals surface area contributed by atoms with Crippen LogP contribution >= 0.6 is 0 Å². The molecule has 0 bridgehead atoms. The lowest BCUT2D eigenvalue weighted by Crippen LogP contribution is -2.41. The first-order valence-corrected chi connectivity index (χ1v) is 10.2. The predicted octanol–water partition coefficient (Wildman–Crippen LogP) is 2.16. The van der Waals surface area contributed by atoms with Gasteiger partial charge in [-0.2, -0.15) is 4.98 Å². The lowest BCUT2D eigenvalue weighted by molar-refractivity contribution is -0.131. The molecule has 154 valence electrons.